The predicted octanol–water partition coefficient (Wildman–Crippen LogP) is 1.18. The first-order chi connectivity index (χ1) is 5.54. The van der Waals surface area contributed by atoms with Gasteiger partial charge >= 0.3 is 5.97 Å². The molecule has 3 nitrogen and oxygen atoms in total. The molecule has 0 saturated heterocycles. The van der Waals surface area contributed by atoms with Crippen LogP contribution in [0.3, 0.4) is 0 Å². The Bertz CT molecular complexity index is 203. The molecule has 0 aliphatic rings. The van der Waals surface area contributed by atoms with Gasteiger partial charge in [0, 0.05) is 18.7 Å². The van der Waals surface area contributed by atoms with Crippen LogP contribution in [0.15, 0.2) is 23.8 Å². The monoisotopic (exact) mass is 169 g/mol. The second-order valence-electron chi connectivity index (χ2n) is 2.82. The van der Waals surface area contributed by atoms with Crippen LogP contribution in [-0.4, -0.2) is 24.2 Å². The fourth-order valence-corrected chi connectivity index (χ4v) is 0.575. The third-order valence-corrected chi connectivity index (χ3v) is 1.30. The lowest BCUT2D eigenvalue weighted by Gasteiger charge is -2.00. The molecule has 0 radical (unpaired) electrons. The van der Waals surface area contributed by atoms with Crippen molar-refractivity contribution >= 4 is 5.97 Å². The lowest BCUT2D eigenvalue weighted by atomic mass is 10.3. The van der Waals surface area contributed by atoms with Crippen LogP contribution in [0.25, 0.3) is 0 Å². The first kappa shape index (κ1) is 10.9. The van der Waals surface area contributed by atoms with Gasteiger partial charge in [-0.1, -0.05) is 18.2 Å². The second-order valence-corrected chi connectivity index (χ2v) is 2.82. The van der Waals surface area contributed by atoms with Crippen LogP contribution in [0.4, 0.5) is 0 Å². The van der Waals surface area contributed by atoms with Crippen LogP contribution in [0.2, 0.25) is 0 Å². The lowest BCUT2D eigenvalue weighted by Crippen LogP contribution is -2.20. The van der Waals surface area contributed by atoms with Crippen molar-refractivity contribution in [2.75, 3.05) is 13.1 Å². The molecule has 0 bridgehead atoms. The molecule has 2 N–H and O–H groups in total. The SMILES string of the molecule is C=C(CNCC=C(C)C)C(=O)O. The second kappa shape index (κ2) is 5.55. The third kappa shape index (κ3) is 5.68. The highest BCUT2D eigenvalue weighted by molar-refractivity contribution is 5.86. The minimum Gasteiger partial charge on any atom is -0.478 e. The van der Waals surface area contributed by atoms with Crippen LogP contribution in [-0.2, 0) is 4.79 Å². The van der Waals surface area contributed by atoms with Gasteiger partial charge in [-0.25, -0.2) is 4.79 Å². The molecular weight excluding hydrogens is 154 g/mol. The van der Waals surface area contributed by atoms with Gasteiger partial charge in [-0.15, -0.1) is 0 Å². The number of carboxylic acid groups (broad SMARTS) is 1. The summed E-state index contributed by atoms with van der Waals surface area (Å²) < 4.78 is 0. The number of rotatable bonds is 5. The molecule has 12 heavy (non-hydrogen) atoms. The van der Waals surface area contributed by atoms with E-state index in [1.807, 2.05) is 19.9 Å². The maximum atomic E-state index is 10.3. The molecule has 0 aromatic carbocycles. The first-order valence-electron chi connectivity index (χ1n) is 3.79. The molecule has 0 spiro atoms. The van der Waals surface area contributed by atoms with E-state index in [0.29, 0.717) is 13.1 Å². The van der Waals surface area contributed by atoms with Gasteiger partial charge in [0.1, 0.15) is 0 Å². The fraction of sp³-hybridized carbons (Fsp3) is 0.444. The van der Waals surface area contributed by atoms with Crippen LogP contribution in [0, 0.1) is 0 Å². The molecule has 68 valence electrons. The van der Waals surface area contributed by atoms with Gasteiger partial charge < -0.3 is 10.4 Å². The third-order valence-electron chi connectivity index (χ3n) is 1.30. The number of carbonyl (C=O) groups is 1. The van der Waals surface area contributed by atoms with E-state index in [1.54, 1.807) is 0 Å². The Morgan fingerprint density at radius 3 is 2.58 bits per heavy atom. The summed E-state index contributed by atoms with van der Waals surface area (Å²) in [5.74, 6) is -0.945. The topological polar surface area (TPSA) is 49.3 Å². The summed E-state index contributed by atoms with van der Waals surface area (Å²) in [6, 6.07) is 0. The van der Waals surface area contributed by atoms with Crippen molar-refractivity contribution in [2.24, 2.45) is 0 Å². The molecule has 0 atom stereocenters. The number of nitrogens with one attached hydrogen (secondary N) is 1. The fourth-order valence-electron chi connectivity index (χ4n) is 0.575. The number of allylic oxidation sites excluding steroid dienone is 1. The van der Waals surface area contributed by atoms with Crippen molar-refractivity contribution in [1.82, 2.24) is 5.32 Å². The molecule has 3 heteroatoms. The summed E-state index contributed by atoms with van der Waals surface area (Å²) in [6.45, 7) is 8.40. The first-order valence-corrected chi connectivity index (χ1v) is 3.79. The van der Waals surface area contributed by atoms with Gasteiger partial charge in [0.15, 0.2) is 0 Å². The molecular formula is C9H15NO2. The summed E-state index contributed by atoms with van der Waals surface area (Å²) in [5, 5.41) is 11.4. The predicted molar refractivity (Wildman–Crippen MR) is 49.1 cm³/mol. The van der Waals surface area contributed by atoms with Gasteiger partial charge in [0.05, 0.1) is 0 Å². The molecule has 0 fully saturated rings. The van der Waals surface area contributed by atoms with Crippen molar-refractivity contribution in [3.8, 4) is 0 Å². The van der Waals surface area contributed by atoms with Crippen LogP contribution in [0.1, 0.15) is 13.8 Å². The average Bonchev–Trinajstić information content (AvgIpc) is 1.97. The van der Waals surface area contributed by atoms with Crippen molar-refractivity contribution in [2.45, 2.75) is 13.8 Å². The summed E-state index contributed by atoms with van der Waals surface area (Å²) in [4.78, 5) is 10.3. The molecule has 0 unspecified atom stereocenters. The summed E-state index contributed by atoms with van der Waals surface area (Å²) in [5.41, 5.74) is 1.40. The minimum absolute atomic E-state index is 0.192. The Hall–Kier alpha value is -1.09. The van der Waals surface area contributed by atoms with Crippen LogP contribution < -0.4 is 5.32 Å². The largest absolute Gasteiger partial charge is 0.478 e. The Balaban J connectivity index is 3.51. The zero-order chi connectivity index (χ0) is 9.56. The van der Waals surface area contributed by atoms with Gasteiger partial charge in [-0.3, -0.25) is 0 Å². The van der Waals surface area contributed by atoms with E-state index in [4.69, 9.17) is 5.11 Å². The molecule has 0 aromatic heterocycles. The Labute approximate surface area is 72.8 Å². The molecule has 0 amide bonds. The Kier molecular flexibility index (Phi) is 5.04. The molecule has 0 saturated carbocycles. The zero-order valence-electron chi connectivity index (χ0n) is 7.55. The zero-order valence-corrected chi connectivity index (χ0v) is 7.55. The van der Waals surface area contributed by atoms with Gasteiger partial charge in [-0.05, 0) is 13.8 Å². The number of hydrogen-bond acceptors (Lipinski definition) is 2. The van der Waals surface area contributed by atoms with E-state index in [1.165, 1.54) is 5.57 Å². The smallest absolute Gasteiger partial charge is 0.332 e. The summed E-state index contributed by atoms with van der Waals surface area (Å²) in [7, 11) is 0. The van der Waals surface area contributed by atoms with E-state index < -0.39 is 5.97 Å². The van der Waals surface area contributed by atoms with Crippen molar-refractivity contribution in [1.29, 1.82) is 0 Å². The molecule has 0 heterocycles. The van der Waals surface area contributed by atoms with Gasteiger partial charge in [0.25, 0.3) is 0 Å². The van der Waals surface area contributed by atoms with Crippen molar-refractivity contribution in [3.63, 3.8) is 0 Å². The number of carboxylic acids is 1. The van der Waals surface area contributed by atoms with E-state index in [9.17, 15) is 4.79 Å². The van der Waals surface area contributed by atoms with E-state index >= 15 is 0 Å². The number of hydrogen-bond donors (Lipinski definition) is 2. The highest BCUT2D eigenvalue weighted by atomic mass is 16.4. The van der Waals surface area contributed by atoms with Crippen molar-refractivity contribution in [3.05, 3.63) is 23.8 Å². The van der Waals surface area contributed by atoms with Gasteiger partial charge in [-0.2, -0.15) is 0 Å². The molecule has 0 rings (SSSR count). The maximum absolute atomic E-state index is 10.3. The normalized spacial score (nSPS) is 9.17. The van der Waals surface area contributed by atoms with Crippen LogP contribution in [0.5, 0.6) is 0 Å². The average molecular weight is 169 g/mol. The molecule has 0 aliphatic carbocycles. The maximum Gasteiger partial charge on any atom is 0.332 e. The Morgan fingerprint density at radius 2 is 2.17 bits per heavy atom. The summed E-state index contributed by atoms with van der Waals surface area (Å²) >= 11 is 0. The standard InChI is InChI=1S/C9H15NO2/c1-7(2)4-5-10-6-8(3)9(11)12/h4,10H,3,5-6H2,1-2H3,(H,11,12). The van der Waals surface area contributed by atoms with E-state index in [-0.39, 0.29) is 5.57 Å². The minimum atomic E-state index is -0.945. The lowest BCUT2D eigenvalue weighted by molar-refractivity contribution is -0.132. The highest BCUT2D eigenvalue weighted by Gasteiger charge is 2.00. The van der Waals surface area contributed by atoms with Crippen LogP contribution >= 0.6 is 0 Å². The van der Waals surface area contributed by atoms with Gasteiger partial charge in [0.2, 0.25) is 0 Å². The molecule has 0 aliphatic heterocycles. The Morgan fingerprint density at radius 1 is 1.58 bits per heavy atom. The molecule has 0 aromatic rings. The van der Waals surface area contributed by atoms with E-state index in [2.05, 4.69) is 11.9 Å². The summed E-state index contributed by atoms with van der Waals surface area (Å²) in [6.07, 6.45) is 2.00. The number of aliphatic carboxylic acids is 1. The van der Waals surface area contributed by atoms with E-state index in [0.717, 1.165) is 0 Å². The quantitative estimate of drug-likeness (QED) is 0.369. The highest BCUT2D eigenvalue weighted by Crippen LogP contribution is 1.88. The van der Waals surface area contributed by atoms with Crippen molar-refractivity contribution < 1.29 is 9.90 Å².